The van der Waals surface area contributed by atoms with Gasteiger partial charge in [0, 0.05) is 19.8 Å². The summed E-state index contributed by atoms with van der Waals surface area (Å²) in [5.41, 5.74) is 3.11. The van der Waals surface area contributed by atoms with Crippen molar-refractivity contribution in [1.82, 2.24) is 9.80 Å². The average molecular weight is 234 g/mol. The molecule has 0 aromatic carbocycles. The second-order valence-corrected chi connectivity index (χ2v) is 5.45. The molecule has 0 saturated heterocycles. The molecular formula is C15H26N2. The lowest BCUT2D eigenvalue weighted by atomic mass is 9.87. The van der Waals surface area contributed by atoms with Crippen molar-refractivity contribution in [3.05, 3.63) is 24.0 Å². The van der Waals surface area contributed by atoms with Gasteiger partial charge in [-0.1, -0.05) is 26.3 Å². The van der Waals surface area contributed by atoms with Crippen molar-refractivity contribution in [1.29, 1.82) is 0 Å². The standard InChI is InChI=1S/C15H26N2/c1-5-10-14-13(6-2)16(3)15(17(14)4)11-8-7-9-12-15/h6H,2,5,7-12H2,1,3-4H3. The Bertz CT molecular complexity index is 324. The quantitative estimate of drug-likeness (QED) is 0.734. The Labute approximate surface area is 106 Å². The zero-order chi connectivity index (χ0) is 12.5. The van der Waals surface area contributed by atoms with Crippen LogP contribution in [0.5, 0.6) is 0 Å². The topological polar surface area (TPSA) is 6.48 Å². The highest BCUT2D eigenvalue weighted by Crippen LogP contribution is 2.45. The first kappa shape index (κ1) is 12.5. The molecule has 0 amide bonds. The maximum atomic E-state index is 4.01. The Kier molecular flexibility index (Phi) is 3.50. The van der Waals surface area contributed by atoms with Crippen LogP contribution in [0, 0.1) is 0 Å². The molecule has 0 aromatic heterocycles. The van der Waals surface area contributed by atoms with E-state index in [1.807, 2.05) is 6.08 Å². The monoisotopic (exact) mass is 234 g/mol. The van der Waals surface area contributed by atoms with Gasteiger partial charge in [-0.25, -0.2) is 0 Å². The molecule has 1 fully saturated rings. The van der Waals surface area contributed by atoms with Crippen LogP contribution >= 0.6 is 0 Å². The molecule has 2 heteroatoms. The van der Waals surface area contributed by atoms with Gasteiger partial charge in [0.15, 0.2) is 0 Å². The minimum Gasteiger partial charge on any atom is -0.353 e. The molecule has 1 aliphatic heterocycles. The lowest BCUT2D eigenvalue weighted by molar-refractivity contribution is 0.0128. The number of hydrogen-bond acceptors (Lipinski definition) is 2. The lowest BCUT2D eigenvalue weighted by Gasteiger charge is -2.47. The van der Waals surface area contributed by atoms with E-state index in [2.05, 4.69) is 37.4 Å². The number of likely N-dealkylation sites (N-methyl/N-ethyl adjacent to an activating group) is 1. The fourth-order valence-corrected chi connectivity index (χ4v) is 3.64. The summed E-state index contributed by atoms with van der Waals surface area (Å²) in [6, 6.07) is 0. The zero-order valence-electron chi connectivity index (χ0n) is 11.6. The highest BCUT2D eigenvalue weighted by Gasteiger charge is 2.46. The van der Waals surface area contributed by atoms with E-state index in [-0.39, 0.29) is 5.66 Å². The second kappa shape index (κ2) is 4.75. The molecule has 2 rings (SSSR count). The zero-order valence-corrected chi connectivity index (χ0v) is 11.6. The smallest absolute Gasteiger partial charge is 0.112 e. The van der Waals surface area contributed by atoms with Gasteiger partial charge >= 0.3 is 0 Å². The fourth-order valence-electron chi connectivity index (χ4n) is 3.64. The Morgan fingerprint density at radius 1 is 1.18 bits per heavy atom. The van der Waals surface area contributed by atoms with Gasteiger partial charge in [-0.15, -0.1) is 0 Å². The molecule has 1 spiro atoms. The lowest BCUT2D eigenvalue weighted by Crippen LogP contribution is -2.52. The number of allylic oxidation sites excluding steroid dienone is 2. The van der Waals surface area contributed by atoms with Crippen LogP contribution in [-0.2, 0) is 0 Å². The van der Waals surface area contributed by atoms with Crippen molar-refractivity contribution in [3.63, 3.8) is 0 Å². The minimum atomic E-state index is 0.256. The molecule has 1 heterocycles. The van der Waals surface area contributed by atoms with E-state index in [0.717, 1.165) is 0 Å². The molecule has 1 saturated carbocycles. The summed E-state index contributed by atoms with van der Waals surface area (Å²) >= 11 is 0. The second-order valence-electron chi connectivity index (χ2n) is 5.45. The first-order chi connectivity index (χ1) is 8.17. The van der Waals surface area contributed by atoms with Gasteiger partial charge < -0.3 is 9.80 Å². The molecule has 96 valence electrons. The summed E-state index contributed by atoms with van der Waals surface area (Å²) in [5.74, 6) is 0. The van der Waals surface area contributed by atoms with Crippen molar-refractivity contribution in [2.75, 3.05) is 14.1 Å². The SMILES string of the molecule is C=CC1=C(CCC)N(C)C2(CCCCC2)N1C. The maximum absolute atomic E-state index is 4.01. The summed E-state index contributed by atoms with van der Waals surface area (Å²) in [5, 5.41) is 0. The van der Waals surface area contributed by atoms with E-state index < -0.39 is 0 Å². The Hall–Kier alpha value is -0.920. The fraction of sp³-hybridized carbons (Fsp3) is 0.733. The molecule has 17 heavy (non-hydrogen) atoms. The molecule has 0 N–H and O–H groups in total. The minimum absolute atomic E-state index is 0.256. The molecule has 0 bridgehead atoms. The van der Waals surface area contributed by atoms with Gasteiger partial charge in [0.1, 0.15) is 5.66 Å². The van der Waals surface area contributed by atoms with Crippen LogP contribution in [-0.4, -0.2) is 29.6 Å². The van der Waals surface area contributed by atoms with Crippen LogP contribution in [0.15, 0.2) is 24.0 Å². The van der Waals surface area contributed by atoms with Crippen molar-refractivity contribution in [3.8, 4) is 0 Å². The highest BCUT2D eigenvalue weighted by atomic mass is 15.4. The molecule has 2 nitrogen and oxygen atoms in total. The van der Waals surface area contributed by atoms with Gasteiger partial charge in [0.05, 0.1) is 5.70 Å². The van der Waals surface area contributed by atoms with E-state index in [0.29, 0.717) is 0 Å². The Morgan fingerprint density at radius 2 is 1.82 bits per heavy atom. The van der Waals surface area contributed by atoms with Crippen LogP contribution in [0.2, 0.25) is 0 Å². The van der Waals surface area contributed by atoms with Crippen molar-refractivity contribution >= 4 is 0 Å². The third kappa shape index (κ3) is 1.78. The summed E-state index contributed by atoms with van der Waals surface area (Å²) in [6.45, 7) is 6.27. The molecular weight excluding hydrogens is 208 g/mol. The van der Waals surface area contributed by atoms with Crippen LogP contribution in [0.25, 0.3) is 0 Å². The summed E-state index contributed by atoms with van der Waals surface area (Å²) in [4.78, 5) is 5.04. The Balaban J connectivity index is 2.32. The van der Waals surface area contributed by atoms with Gasteiger partial charge in [0.25, 0.3) is 0 Å². The predicted molar refractivity (Wildman–Crippen MR) is 73.5 cm³/mol. The largest absolute Gasteiger partial charge is 0.353 e. The number of nitrogens with zero attached hydrogens (tertiary/aromatic N) is 2. The normalized spacial score (nSPS) is 23.7. The number of hydrogen-bond donors (Lipinski definition) is 0. The van der Waals surface area contributed by atoms with Gasteiger partial charge in [-0.3, -0.25) is 0 Å². The first-order valence-electron chi connectivity index (χ1n) is 7.00. The molecule has 0 unspecified atom stereocenters. The third-order valence-electron chi connectivity index (χ3n) is 4.65. The van der Waals surface area contributed by atoms with Gasteiger partial charge in [0.2, 0.25) is 0 Å². The van der Waals surface area contributed by atoms with Crippen LogP contribution < -0.4 is 0 Å². The molecule has 0 radical (unpaired) electrons. The van der Waals surface area contributed by atoms with Crippen LogP contribution in [0.3, 0.4) is 0 Å². The predicted octanol–water partition coefficient (Wildman–Crippen LogP) is 3.72. The summed E-state index contributed by atoms with van der Waals surface area (Å²) in [7, 11) is 4.53. The van der Waals surface area contributed by atoms with Crippen molar-refractivity contribution in [2.24, 2.45) is 0 Å². The summed E-state index contributed by atoms with van der Waals surface area (Å²) < 4.78 is 0. The van der Waals surface area contributed by atoms with E-state index in [9.17, 15) is 0 Å². The molecule has 0 aromatic rings. The number of rotatable bonds is 3. The maximum Gasteiger partial charge on any atom is 0.112 e. The summed E-state index contributed by atoms with van der Waals surface area (Å²) in [6.07, 6.45) is 11.1. The van der Waals surface area contributed by atoms with Gasteiger partial charge in [-0.05, 0) is 38.2 Å². The molecule has 0 atom stereocenters. The molecule has 1 aliphatic carbocycles. The van der Waals surface area contributed by atoms with E-state index >= 15 is 0 Å². The van der Waals surface area contributed by atoms with E-state index in [1.165, 1.54) is 56.3 Å². The average Bonchev–Trinajstić information content (AvgIpc) is 2.54. The van der Waals surface area contributed by atoms with E-state index in [1.54, 1.807) is 0 Å². The third-order valence-corrected chi connectivity index (χ3v) is 4.65. The van der Waals surface area contributed by atoms with Crippen LogP contribution in [0.1, 0.15) is 51.9 Å². The highest BCUT2D eigenvalue weighted by molar-refractivity contribution is 5.31. The van der Waals surface area contributed by atoms with Gasteiger partial charge in [-0.2, -0.15) is 0 Å². The molecule has 2 aliphatic rings. The first-order valence-corrected chi connectivity index (χ1v) is 7.00. The van der Waals surface area contributed by atoms with Crippen molar-refractivity contribution < 1.29 is 0 Å². The van der Waals surface area contributed by atoms with Crippen molar-refractivity contribution in [2.45, 2.75) is 57.5 Å². The van der Waals surface area contributed by atoms with E-state index in [4.69, 9.17) is 0 Å². The Morgan fingerprint density at radius 3 is 2.35 bits per heavy atom. The van der Waals surface area contributed by atoms with Crippen LogP contribution in [0.4, 0.5) is 0 Å².